The zero-order valence-electron chi connectivity index (χ0n) is 11.7. The molecule has 0 saturated heterocycles. The third kappa shape index (κ3) is 2.56. The third-order valence-electron chi connectivity index (χ3n) is 3.15. The van der Waals surface area contributed by atoms with Gasteiger partial charge in [0.15, 0.2) is 0 Å². The lowest BCUT2D eigenvalue weighted by Gasteiger charge is -2.19. The van der Waals surface area contributed by atoms with E-state index in [-0.39, 0.29) is 6.04 Å². The molecule has 102 valence electrons. The van der Waals surface area contributed by atoms with Crippen molar-refractivity contribution in [2.45, 2.75) is 6.04 Å². The Morgan fingerprint density at radius 3 is 2.58 bits per heavy atom. The highest BCUT2D eigenvalue weighted by atomic mass is 16.5. The predicted molar refractivity (Wildman–Crippen MR) is 73.7 cm³/mol. The van der Waals surface area contributed by atoms with Crippen molar-refractivity contribution in [2.24, 2.45) is 7.05 Å². The average Bonchev–Trinajstić information content (AvgIpc) is 2.86. The van der Waals surface area contributed by atoms with E-state index in [1.807, 2.05) is 43.1 Å². The van der Waals surface area contributed by atoms with Gasteiger partial charge in [-0.1, -0.05) is 0 Å². The van der Waals surface area contributed by atoms with E-state index < -0.39 is 0 Å². The molecule has 0 saturated carbocycles. The van der Waals surface area contributed by atoms with Crippen molar-refractivity contribution < 1.29 is 9.47 Å². The second kappa shape index (κ2) is 5.75. The normalized spacial score (nSPS) is 12.2. The topological polar surface area (TPSA) is 48.3 Å². The number of hydrogen-bond donors (Lipinski definition) is 1. The van der Waals surface area contributed by atoms with E-state index in [0.29, 0.717) is 0 Å². The van der Waals surface area contributed by atoms with Gasteiger partial charge in [-0.2, -0.15) is 0 Å². The number of nitrogens with zero attached hydrogens (tertiary/aromatic N) is 2. The van der Waals surface area contributed by atoms with Crippen molar-refractivity contribution >= 4 is 0 Å². The van der Waals surface area contributed by atoms with E-state index in [2.05, 4.69) is 10.3 Å². The molecule has 0 radical (unpaired) electrons. The summed E-state index contributed by atoms with van der Waals surface area (Å²) in [5.74, 6) is 2.53. The predicted octanol–water partition coefficient (Wildman–Crippen LogP) is 1.75. The standard InChI is InChI=1S/C14H19N3O2/c1-15-13(14-16-7-8-17(14)2)11-9-10(18-3)5-6-12(11)19-4/h5-9,13,15H,1-4H3. The van der Waals surface area contributed by atoms with Crippen molar-refractivity contribution in [3.05, 3.63) is 42.0 Å². The highest BCUT2D eigenvalue weighted by Gasteiger charge is 2.20. The van der Waals surface area contributed by atoms with Gasteiger partial charge in [0.05, 0.1) is 20.3 Å². The van der Waals surface area contributed by atoms with Crippen LogP contribution in [0.25, 0.3) is 0 Å². The summed E-state index contributed by atoms with van der Waals surface area (Å²) in [5.41, 5.74) is 0.999. The summed E-state index contributed by atoms with van der Waals surface area (Å²) in [4.78, 5) is 4.40. The SMILES string of the molecule is CNC(c1cc(OC)ccc1OC)c1nccn1C. The van der Waals surface area contributed by atoms with Gasteiger partial charge in [-0.3, -0.25) is 0 Å². The summed E-state index contributed by atoms with van der Waals surface area (Å²) in [7, 11) is 7.19. The van der Waals surface area contributed by atoms with Crippen LogP contribution < -0.4 is 14.8 Å². The number of ether oxygens (including phenoxy) is 2. The summed E-state index contributed by atoms with van der Waals surface area (Å²) in [5, 5.41) is 3.27. The molecule has 1 N–H and O–H groups in total. The summed E-state index contributed by atoms with van der Waals surface area (Å²) in [6, 6.07) is 5.70. The van der Waals surface area contributed by atoms with E-state index in [9.17, 15) is 0 Å². The Bertz CT molecular complexity index is 551. The van der Waals surface area contributed by atoms with Gasteiger partial charge in [0.2, 0.25) is 0 Å². The molecule has 0 aliphatic heterocycles. The molecule has 0 amide bonds. The molecule has 19 heavy (non-hydrogen) atoms. The van der Waals surface area contributed by atoms with E-state index in [0.717, 1.165) is 22.9 Å². The van der Waals surface area contributed by atoms with Crippen LogP contribution in [0, 0.1) is 0 Å². The Kier molecular flexibility index (Phi) is 4.06. The molecule has 0 aliphatic carbocycles. The van der Waals surface area contributed by atoms with Crippen molar-refractivity contribution in [1.82, 2.24) is 14.9 Å². The van der Waals surface area contributed by atoms with Crippen LogP contribution in [0.4, 0.5) is 0 Å². The van der Waals surface area contributed by atoms with Crippen LogP contribution in [0.15, 0.2) is 30.6 Å². The van der Waals surface area contributed by atoms with Crippen LogP contribution in [0.3, 0.4) is 0 Å². The molecule has 0 bridgehead atoms. The Hall–Kier alpha value is -2.01. The highest BCUT2D eigenvalue weighted by Crippen LogP contribution is 2.32. The minimum Gasteiger partial charge on any atom is -0.497 e. The van der Waals surface area contributed by atoms with Gasteiger partial charge in [-0.25, -0.2) is 4.98 Å². The zero-order valence-corrected chi connectivity index (χ0v) is 11.7. The van der Waals surface area contributed by atoms with Gasteiger partial charge in [0, 0.05) is 25.0 Å². The van der Waals surface area contributed by atoms with Gasteiger partial charge in [-0.05, 0) is 25.2 Å². The zero-order chi connectivity index (χ0) is 13.8. The molecular formula is C14H19N3O2. The third-order valence-corrected chi connectivity index (χ3v) is 3.15. The summed E-state index contributed by atoms with van der Waals surface area (Å²) in [6.07, 6.45) is 3.71. The molecule has 1 aromatic carbocycles. The molecule has 0 spiro atoms. The summed E-state index contributed by atoms with van der Waals surface area (Å²) in [6.45, 7) is 0. The maximum Gasteiger partial charge on any atom is 0.130 e. The number of benzene rings is 1. The van der Waals surface area contributed by atoms with E-state index >= 15 is 0 Å². The maximum absolute atomic E-state index is 5.43. The average molecular weight is 261 g/mol. The van der Waals surface area contributed by atoms with E-state index in [4.69, 9.17) is 9.47 Å². The number of nitrogens with one attached hydrogen (secondary N) is 1. The van der Waals surface area contributed by atoms with Gasteiger partial charge < -0.3 is 19.4 Å². The molecule has 0 fully saturated rings. The van der Waals surface area contributed by atoms with Gasteiger partial charge in [0.1, 0.15) is 17.3 Å². The first kappa shape index (κ1) is 13.4. The first-order valence-corrected chi connectivity index (χ1v) is 6.07. The lowest BCUT2D eigenvalue weighted by atomic mass is 10.0. The fourth-order valence-corrected chi connectivity index (χ4v) is 2.14. The maximum atomic E-state index is 5.43. The molecule has 2 aromatic rings. The second-order valence-electron chi connectivity index (χ2n) is 4.23. The molecular weight excluding hydrogens is 242 g/mol. The minimum atomic E-state index is -0.0509. The van der Waals surface area contributed by atoms with Crippen LogP contribution in [-0.4, -0.2) is 30.8 Å². The Morgan fingerprint density at radius 1 is 1.26 bits per heavy atom. The highest BCUT2D eigenvalue weighted by molar-refractivity contribution is 5.44. The van der Waals surface area contributed by atoms with Crippen LogP contribution >= 0.6 is 0 Å². The first-order chi connectivity index (χ1) is 9.21. The van der Waals surface area contributed by atoms with E-state index in [1.54, 1.807) is 20.4 Å². The lowest BCUT2D eigenvalue weighted by molar-refractivity contribution is 0.393. The van der Waals surface area contributed by atoms with E-state index in [1.165, 1.54) is 0 Å². The fourth-order valence-electron chi connectivity index (χ4n) is 2.14. The van der Waals surface area contributed by atoms with Gasteiger partial charge in [-0.15, -0.1) is 0 Å². The van der Waals surface area contributed by atoms with Crippen LogP contribution in [-0.2, 0) is 7.05 Å². The Morgan fingerprint density at radius 2 is 2.05 bits per heavy atom. The number of rotatable bonds is 5. The molecule has 1 atom stereocenters. The number of aryl methyl sites for hydroxylation is 1. The molecule has 5 nitrogen and oxygen atoms in total. The monoisotopic (exact) mass is 261 g/mol. The fraction of sp³-hybridized carbons (Fsp3) is 0.357. The number of hydrogen-bond acceptors (Lipinski definition) is 4. The van der Waals surface area contributed by atoms with Crippen molar-refractivity contribution in [1.29, 1.82) is 0 Å². The van der Waals surface area contributed by atoms with Gasteiger partial charge >= 0.3 is 0 Å². The quantitative estimate of drug-likeness (QED) is 0.890. The lowest BCUT2D eigenvalue weighted by Crippen LogP contribution is -2.21. The molecule has 1 aromatic heterocycles. The summed E-state index contributed by atoms with van der Waals surface area (Å²) < 4.78 is 12.7. The van der Waals surface area contributed by atoms with Crippen molar-refractivity contribution in [3.63, 3.8) is 0 Å². The Labute approximate surface area is 113 Å². The Balaban J connectivity index is 2.51. The number of imidazole rings is 1. The molecule has 5 heteroatoms. The molecule has 0 aliphatic rings. The molecule has 1 heterocycles. The number of methoxy groups -OCH3 is 2. The van der Waals surface area contributed by atoms with Crippen molar-refractivity contribution in [2.75, 3.05) is 21.3 Å². The van der Waals surface area contributed by atoms with Crippen LogP contribution in [0.1, 0.15) is 17.4 Å². The molecule has 1 unspecified atom stereocenters. The first-order valence-electron chi connectivity index (χ1n) is 6.07. The largest absolute Gasteiger partial charge is 0.497 e. The van der Waals surface area contributed by atoms with Gasteiger partial charge in [0.25, 0.3) is 0 Å². The molecule has 2 rings (SSSR count). The van der Waals surface area contributed by atoms with Crippen LogP contribution in [0.2, 0.25) is 0 Å². The minimum absolute atomic E-state index is 0.0509. The smallest absolute Gasteiger partial charge is 0.130 e. The summed E-state index contributed by atoms with van der Waals surface area (Å²) >= 11 is 0. The van der Waals surface area contributed by atoms with Crippen molar-refractivity contribution in [3.8, 4) is 11.5 Å². The second-order valence-corrected chi connectivity index (χ2v) is 4.23. The van der Waals surface area contributed by atoms with Crippen LogP contribution in [0.5, 0.6) is 11.5 Å². The number of aromatic nitrogens is 2.